The van der Waals surface area contributed by atoms with Gasteiger partial charge in [0, 0.05) is 30.2 Å². The molecule has 3 saturated heterocycles. The molecule has 1 atom stereocenters. The van der Waals surface area contributed by atoms with Crippen molar-refractivity contribution >= 4 is 17.4 Å². The summed E-state index contributed by atoms with van der Waals surface area (Å²) >= 11 is 1.67. The maximum absolute atomic E-state index is 13.3. The van der Waals surface area contributed by atoms with E-state index in [4.69, 9.17) is 4.74 Å². The molecule has 1 aromatic heterocycles. The first-order valence-electron chi connectivity index (χ1n) is 11.2. The van der Waals surface area contributed by atoms with Gasteiger partial charge in [0.15, 0.2) is 6.10 Å². The molecule has 4 nitrogen and oxygen atoms in total. The summed E-state index contributed by atoms with van der Waals surface area (Å²) in [7, 11) is 0. The van der Waals surface area contributed by atoms with Crippen molar-refractivity contribution < 1.29 is 18.4 Å². The number of aryl methyl sites for hydroxylation is 1. The average molecular weight is 444 g/mol. The van der Waals surface area contributed by atoms with E-state index < -0.39 is 0 Å². The Morgan fingerprint density at radius 1 is 1.29 bits per heavy atom. The molecule has 2 aromatic rings. The monoisotopic (exact) mass is 443 g/mol. The summed E-state index contributed by atoms with van der Waals surface area (Å²) in [5.41, 5.74) is 2.21. The minimum absolute atomic E-state index is 0.0206. The molecule has 0 saturated carbocycles. The van der Waals surface area contributed by atoms with Crippen molar-refractivity contribution in [3.63, 3.8) is 0 Å². The molecule has 3 fully saturated rings. The molecule has 0 N–H and O–H groups in total. The van der Waals surface area contributed by atoms with Gasteiger partial charge in [-0.3, -0.25) is 0 Å². The average Bonchev–Trinajstić information content (AvgIpc) is 3.17. The molecule has 0 spiro atoms. The number of carbonyl (C=O) groups is 1. The molecule has 3 aliphatic rings. The van der Waals surface area contributed by atoms with Gasteiger partial charge in [-0.1, -0.05) is 18.7 Å². The van der Waals surface area contributed by atoms with E-state index in [1.54, 1.807) is 23.5 Å². The zero-order chi connectivity index (χ0) is 21.8. The highest BCUT2D eigenvalue weighted by atomic mass is 32.1. The molecule has 5 rings (SSSR count). The molecule has 0 radical (unpaired) electrons. The van der Waals surface area contributed by atoms with Crippen LogP contribution in [-0.2, 0) is 17.7 Å². The number of halogens is 1. The Balaban J connectivity index is 1.44. The van der Waals surface area contributed by atoms with E-state index >= 15 is 0 Å². The van der Waals surface area contributed by atoms with E-state index in [1.165, 1.54) is 22.6 Å². The second-order valence-corrected chi connectivity index (χ2v) is 10.0. The smallest absolute Gasteiger partial charge is 0.410 e. The number of fused-ring (bicyclic) bond motifs is 3. The summed E-state index contributed by atoms with van der Waals surface area (Å²) in [6.45, 7) is 11.3. The fourth-order valence-electron chi connectivity index (χ4n) is 4.98. The van der Waals surface area contributed by atoms with Gasteiger partial charge in [0.25, 0.3) is 0 Å². The van der Waals surface area contributed by atoms with Crippen LogP contribution in [0.1, 0.15) is 28.8 Å². The predicted molar refractivity (Wildman–Crippen MR) is 122 cm³/mol. The Morgan fingerprint density at radius 3 is 2.68 bits per heavy atom. The molecule has 0 aliphatic carbocycles. The lowest BCUT2D eigenvalue weighted by atomic mass is 9.83. The Labute approximate surface area is 188 Å². The summed E-state index contributed by atoms with van der Waals surface area (Å²) in [5.74, 6) is 0.226. The molecule has 6 heteroatoms. The van der Waals surface area contributed by atoms with Crippen LogP contribution in [0.3, 0.4) is 0 Å². The van der Waals surface area contributed by atoms with Crippen LogP contribution in [0, 0.1) is 18.7 Å². The molecule has 0 unspecified atom stereocenters. The molecule has 166 valence electrons. The van der Waals surface area contributed by atoms with Crippen molar-refractivity contribution in [2.24, 2.45) is 5.92 Å². The SMILES string of the molecule is C=CC[N+]12CCC(CC1)[C@@H](OC(=O)N(CCc1ccc(F)cc1)Cc1sccc1C)C2. The number of quaternary nitrogens is 1. The first-order chi connectivity index (χ1) is 15.0. The van der Waals surface area contributed by atoms with Gasteiger partial charge >= 0.3 is 6.09 Å². The van der Waals surface area contributed by atoms with Gasteiger partial charge < -0.3 is 14.1 Å². The van der Waals surface area contributed by atoms with Crippen LogP contribution in [0.2, 0.25) is 0 Å². The Morgan fingerprint density at radius 2 is 2.03 bits per heavy atom. The first-order valence-corrected chi connectivity index (χ1v) is 12.0. The van der Waals surface area contributed by atoms with Gasteiger partial charge in [0.1, 0.15) is 12.4 Å². The summed E-state index contributed by atoms with van der Waals surface area (Å²) < 4.78 is 20.4. The number of hydrogen-bond donors (Lipinski definition) is 0. The second-order valence-electron chi connectivity index (χ2n) is 9.03. The summed E-state index contributed by atoms with van der Waals surface area (Å²) in [6, 6.07) is 8.59. The standard InChI is InChI=1S/C25H32FN2O2S/c1-3-13-28-14-9-21(10-15-28)23(18-28)30-25(29)27(17-24-19(2)11-16-31-24)12-8-20-4-6-22(26)7-5-20/h3-7,11,16,21,23H,1,8-10,12-15,17-18H2,2H3/q+1/t21?,23-,28?/m0/s1. The van der Waals surface area contributed by atoms with E-state index in [0.717, 1.165) is 49.1 Å². The number of hydrogen-bond acceptors (Lipinski definition) is 3. The van der Waals surface area contributed by atoms with Gasteiger partial charge in [0.2, 0.25) is 0 Å². The van der Waals surface area contributed by atoms with Crippen molar-refractivity contribution in [2.45, 2.75) is 38.8 Å². The maximum atomic E-state index is 13.3. The van der Waals surface area contributed by atoms with Gasteiger partial charge in [-0.2, -0.15) is 0 Å². The van der Waals surface area contributed by atoms with Crippen LogP contribution in [0.4, 0.5) is 9.18 Å². The molecular formula is C25H32FN2O2S+. The molecule has 3 aliphatic heterocycles. The van der Waals surface area contributed by atoms with Gasteiger partial charge in [0.05, 0.1) is 26.2 Å². The minimum atomic E-state index is -0.242. The van der Waals surface area contributed by atoms with Crippen LogP contribution in [0.15, 0.2) is 48.4 Å². The molecule has 31 heavy (non-hydrogen) atoms. The summed E-state index contributed by atoms with van der Waals surface area (Å²) in [6.07, 6.45) is 4.65. The minimum Gasteiger partial charge on any atom is -0.440 e. The Bertz CT molecular complexity index is 903. The predicted octanol–water partition coefficient (Wildman–Crippen LogP) is 5.17. The number of amides is 1. The fraction of sp³-hybridized carbons (Fsp3) is 0.480. The quantitative estimate of drug-likeness (QED) is 0.416. The van der Waals surface area contributed by atoms with Crippen molar-refractivity contribution in [1.29, 1.82) is 0 Å². The van der Waals surface area contributed by atoms with Crippen molar-refractivity contribution in [2.75, 3.05) is 32.7 Å². The van der Waals surface area contributed by atoms with E-state index in [-0.39, 0.29) is 18.0 Å². The topological polar surface area (TPSA) is 29.5 Å². The van der Waals surface area contributed by atoms with Gasteiger partial charge in [-0.05, 0) is 54.1 Å². The van der Waals surface area contributed by atoms with E-state index in [9.17, 15) is 9.18 Å². The normalized spacial score (nSPS) is 24.7. The Hall–Kier alpha value is -2.18. The Kier molecular flexibility index (Phi) is 6.77. The van der Waals surface area contributed by atoms with E-state index in [0.29, 0.717) is 25.4 Å². The lowest BCUT2D eigenvalue weighted by Gasteiger charge is -2.51. The lowest BCUT2D eigenvalue weighted by molar-refractivity contribution is -0.941. The zero-order valence-corrected chi connectivity index (χ0v) is 19.1. The highest BCUT2D eigenvalue weighted by molar-refractivity contribution is 7.10. The number of thiophene rings is 1. The molecule has 1 amide bonds. The number of piperidine rings is 3. The van der Waals surface area contributed by atoms with Gasteiger partial charge in [-0.15, -0.1) is 11.3 Å². The van der Waals surface area contributed by atoms with Crippen LogP contribution in [0.25, 0.3) is 0 Å². The van der Waals surface area contributed by atoms with Crippen LogP contribution < -0.4 is 0 Å². The van der Waals surface area contributed by atoms with E-state index in [2.05, 4.69) is 24.9 Å². The fourth-order valence-corrected chi connectivity index (χ4v) is 5.90. The molecule has 4 heterocycles. The number of carbonyl (C=O) groups excluding carboxylic acids is 1. The highest BCUT2D eigenvalue weighted by Crippen LogP contribution is 2.36. The number of nitrogens with zero attached hydrogens (tertiary/aromatic N) is 2. The summed E-state index contributed by atoms with van der Waals surface area (Å²) in [4.78, 5) is 16.3. The van der Waals surface area contributed by atoms with Crippen LogP contribution >= 0.6 is 11.3 Å². The van der Waals surface area contributed by atoms with Crippen molar-refractivity contribution in [1.82, 2.24) is 4.90 Å². The number of ether oxygens (including phenoxy) is 1. The maximum Gasteiger partial charge on any atom is 0.410 e. The largest absolute Gasteiger partial charge is 0.440 e. The van der Waals surface area contributed by atoms with Crippen molar-refractivity contribution in [3.05, 3.63) is 70.2 Å². The second kappa shape index (κ2) is 9.53. The molecular weight excluding hydrogens is 411 g/mol. The van der Waals surface area contributed by atoms with Gasteiger partial charge in [-0.25, -0.2) is 9.18 Å². The van der Waals surface area contributed by atoms with E-state index in [1.807, 2.05) is 11.0 Å². The summed E-state index contributed by atoms with van der Waals surface area (Å²) in [5, 5.41) is 2.06. The third-order valence-electron chi connectivity index (χ3n) is 6.95. The molecule has 1 aromatic carbocycles. The third kappa shape index (κ3) is 5.18. The lowest BCUT2D eigenvalue weighted by Crippen LogP contribution is -2.64. The number of benzene rings is 1. The van der Waals surface area contributed by atoms with Crippen LogP contribution in [0.5, 0.6) is 0 Å². The van der Waals surface area contributed by atoms with Crippen molar-refractivity contribution in [3.8, 4) is 0 Å². The third-order valence-corrected chi connectivity index (χ3v) is 7.96. The molecule has 2 bridgehead atoms. The first kappa shape index (κ1) is 22.0. The van der Waals surface area contributed by atoms with Crippen LogP contribution in [-0.4, -0.2) is 54.3 Å². The number of rotatable bonds is 8. The highest BCUT2D eigenvalue weighted by Gasteiger charge is 2.47. The zero-order valence-electron chi connectivity index (χ0n) is 18.3.